The van der Waals surface area contributed by atoms with E-state index in [0.717, 1.165) is 12.1 Å². The molecule has 1 saturated heterocycles. The van der Waals surface area contributed by atoms with Crippen molar-refractivity contribution in [3.63, 3.8) is 0 Å². The first-order chi connectivity index (χ1) is 6.38. The second kappa shape index (κ2) is 3.58. The van der Waals surface area contributed by atoms with Gasteiger partial charge in [0.2, 0.25) is 0 Å². The number of esters is 1. The molecular weight excluding hydrogens is 166 g/mol. The van der Waals surface area contributed by atoms with Gasteiger partial charge in [-0.3, -0.25) is 5.32 Å². The maximum absolute atomic E-state index is 11.3. The topological polar surface area (TPSA) is 38.3 Å². The smallest absolute Gasteiger partial charge is 0.327 e. The van der Waals surface area contributed by atoms with Crippen LogP contribution in [0.5, 0.6) is 0 Å². The Morgan fingerprint density at radius 2 is 2.08 bits per heavy atom. The Morgan fingerprint density at radius 3 is 2.77 bits per heavy atom. The average molecular weight is 177 g/mol. The quantitative estimate of drug-likeness (QED) is 0.647. The van der Waals surface area contributed by atoms with Gasteiger partial charge in [-0.2, -0.15) is 0 Å². The van der Waals surface area contributed by atoms with Crippen LogP contribution in [0.25, 0.3) is 0 Å². The van der Waals surface area contributed by atoms with E-state index in [1.165, 1.54) is 0 Å². The molecule has 1 aromatic rings. The molecule has 0 saturated carbocycles. The summed E-state index contributed by atoms with van der Waals surface area (Å²) in [5, 5.41) is 3.11. The Labute approximate surface area is 76.7 Å². The number of hydrogen-bond donors (Lipinski definition) is 1. The first kappa shape index (κ1) is 8.26. The van der Waals surface area contributed by atoms with Crippen LogP contribution in [0.3, 0.4) is 0 Å². The summed E-state index contributed by atoms with van der Waals surface area (Å²) < 4.78 is 4.94. The summed E-state index contributed by atoms with van der Waals surface area (Å²) in [5.74, 6) is -0.183. The normalized spacial score (nSPS) is 22.5. The summed E-state index contributed by atoms with van der Waals surface area (Å²) in [6, 6.07) is 9.32. The summed E-state index contributed by atoms with van der Waals surface area (Å²) in [4.78, 5) is 11.3. The molecule has 0 aromatic heterocycles. The summed E-state index contributed by atoms with van der Waals surface area (Å²) >= 11 is 0. The van der Waals surface area contributed by atoms with Gasteiger partial charge in [0.1, 0.15) is 12.6 Å². The molecule has 1 atom stereocenters. The monoisotopic (exact) mass is 177 g/mol. The van der Waals surface area contributed by atoms with Crippen molar-refractivity contribution < 1.29 is 9.53 Å². The Bertz CT molecular complexity index is 297. The third kappa shape index (κ3) is 1.70. The first-order valence-electron chi connectivity index (χ1n) is 4.33. The van der Waals surface area contributed by atoms with E-state index >= 15 is 0 Å². The SMILES string of the molecule is O=C1OCCN[C@H]1c1ccccc1. The summed E-state index contributed by atoms with van der Waals surface area (Å²) in [5.41, 5.74) is 0.965. The van der Waals surface area contributed by atoms with Crippen molar-refractivity contribution >= 4 is 5.97 Å². The number of carbonyl (C=O) groups excluding carboxylic acids is 1. The predicted molar refractivity (Wildman–Crippen MR) is 48.1 cm³/mol. The van der Waals surface area contributed by atoms with Crippen molar-refractivity contribution in [1.82, 2.24) is 5.32 Å². The molecule has 2 rings (SSSR count). The number of benzene rings is 1. The number of nitrogens with one attached hydrogen (secondary N) is 1. The number of hydrogen-bond acceptors (Lipinski definition) is 3. The molecule has 3 heteroatoms. The molecule has 0 unspecified atom stereocenters. The zero-order chi connectivity index (χ0) is 9.10. The lowest BCUT2D eigenvalue weighted by atomic mass is 10.1. The molecule has 1 fully saturated rings. The van der Waals surface area contributed by atoms with Gasteiger partial charge in [-0.1, -0.05) is 30.3 Å². The van der Waals surface area contributed by atoms with Gasteiger partial charge >= 0.3 is 5.97 Å². The van der Waals surface area contributed by atoms with E-state index in [-0.39, 0.29) is 12.0 Å². The predicted octanol–water partition coefficient (Wildman–Crippen LogP) is 0.874. The molecule has 1 aliphatic rings. The van der Waals surface area contributed by atoms with Crippen LogP contribution in [0, 0.1) is 0 Å². The van der Waals surface area contributed by atoms with Crippen LogP contribution in [0.4, 0.5) is 0 Å². The third-order valence-corrected chi connectivity index (χ3v) is 2.06. The second-order valence-corrected chi connectivity index (χ2v) is 2.97. The Kier molecular flexibility index (Phi) is 2.27. The van der Waals surface area contributed by atoms with Gasteiger partial charge < -0.3 is 4.74 Å². The van der Waals surface area contributed by atoms with Crippen LogP contribution < -0.4 is 5.32 Å². The van der Waals surface area contributed by atoms with E-state index < -0.39 is 0 Å². The molecule has 0 radical (unpaired) electrons. The van der Waals surface area contributed by atoms with E-state index in [9.17, 15) is 4.79 Å². The standard InChI is InChI=1S/C10H11NO2/c12-10-9(11-6-7-13-10)8-4-2-1-3-5-8/h1-5,9,11H,6-7H2/t9-/m0/s1. The van der Waals surface area contributed by atoms with Crippen molar-refractivity contribution in [1.29, 1.82) is 0 Å². The minimum absolute atomic E-state index is 0.183. The van der Waals surface area contributed by atoms with E-state index in [1.807, 2.05) is 30.3 Å². The van der Waals surface area contributed by atoms with Gasteiger partial charge in [-0.15, -0.1) is 0 Å². The molecule has 3 nitrogen and oxygen atoms in total. The minimum Gasteiger partial charge on any atom is -0.463 e. The highest BCUT2D eigenvalue weighted by atomic mass is 16.5. The first-order valence-corrected chi connectivity index (χ1v) is 4.33. The lowest BCUT2D eigenvalue weighted by Crippen LogP contribution is -2.38. The molecule has 1 aromatic carbocycles. The fourth-order valence-corrected chi connectivity index (χ4v) is 1.42. The highest BCUT2D eigenvalue weighted by molar-refractivity contribution is 5.78. The zero-order valence-electron chi connectivity index (χ0n) is 7.19. The molecule has 0 spiro atoms. The van der Waals surface area contributed by atoms with E-state index in [4.69, 9.17) is 4.74 Å². The van der Waals surface area contributed by atoms with Gasteiger partial charge in [0.05, 0.1) is 0 Å². The van der Waals surface area contributed by atoms with Crippen molar-refractivity contribution in [2.24, 2.45) is 0 Å². The number of carbonyl (C=O) groups is 1. The van der Waals surface area contributed by atoms with Crippen molar-refractivity contribution in [3.8, 4) is 0 Å². The van der Waals surface area contributed by atoms with Gasteiger partial charge in [-0.25, -0.2) is 4.79 Å². The lowest BCUT2D eigenvalue weighted by molar-refractivity contribution is -0.149. The fraction of sp³-hybridized carbons (Fsp3) is 0.300. The highest BCUT2D eigenvalue weighted by Gasteiger charge is 2.24. The summed E-state index contributed by atoms with van der Waals surface area (Å²) in [6.07, 6.45) is 0. The van der Waals surface area contributed by atoms with E-state index in [1.54, 1.807) is 0 Å². The van der Waals surface area contributed by atoms with Crippen LogP contribution in [-0.2, 0) is 9.53 Å². The maximum Gasteiger partial charge on any atom is 0.327 e. The maximum atomic E-state index is 11.3. The van der Waals surface area contributed by atoms with Crippen molar-refractivity contribution in [3.05, 3.63) is 35.9 Å². The van der Waals surface area contributed by atoms with Crippen molar-refractivity contribution in [2.75, 3.05) is 13.2 Å². The number of ether oxygens (including phenoxy) is 1. The molecule has 13 heavy (non-hydrogen) atoms. The lowest BCUT2D eigenvalue weighted by Gasteiger charge is -2.22. The molecule has 0 bridgehead atoms. The van der Waals surface area contributed by atoms with Crippen LogP contribution in [0.15, 0.2) is 30.3 Å². The largest absolute Gasteiger partial charge is 0.463 e. The summed E-state index contributed by atoms with van der Waals surface area (Å²) in [6.45, 7) is 1.20. The van der Waals surface area contributed by atoms with Gasteiger partial charge in [-0.05, 0) is 5.56 Å². The van der Waals surface area contributed by atoms with E-state index in [0.29, 0.717) is 6.61 Å². The van der Waals surface area contributed by atoms with Crippen LogP contribution in [0.2, 0.25) is 0 Å². The Morgan fingerprint density at radius 1 is 1.31 bits per heavy atom. The Balaban J connectivity index is 2.20. The molecule has 1 N–H and O–H groups in total. The van der Waals surface area contributed by atoms with Crippen LogP contribution in [0.1, 0.15) is 11.6 Å². The molecule has 1 aliphatic heterocycles. The highest BCUT2D eigenvalue weighted by Crippen LogP contribution is 2.15. The molecular formula is C10H11NO2. The van der Waals surface area contributed by atoms with Gasteiger partial charge in [0.25, 0.3) is 0 Å². The average Bonchev–Trinajstić information content (AvgIpc) is 2.20. The number of rotatable bonds is 1. The van der Waals surface area contributed by atoms with Crippen LogP contribution in [-0.4, -0.2) is 19.1 Å². The number of cyclic esters (lactones) is 1. The zero-order valence-corrected chi connectivity index (χ0v) is 7.19. The third-order valence-electron chi connectivity index (χ3n) is 2.06. The molecule has 68 valence electrons. The van der Waals surface area contributed by atoms with E-state index in [2.05, 4.69) is 5.32 Å². The van der Waals surface area contributed by atoms with Gasteiger partial charge in [0.15, 0.2) is 0 Å². The Hall–Kier alpha value is -1.35. The minimum atomic E-state index is -0.282. The second-order valence-electron chi connectivity index (χ2n) is 2.97. The molecule has 1 heterocycles. The fourth-order valence-electron chi connectivity index (χ4n) is 1.42. The summed E-state index contributed by atoms with van der Waals surface area (Å²) in [7, 11) is 0. The molecule has 0 amide bonds. The van der Waals surface area contributed by atoms with Crippen molar-refractivity contribution in [2.45, 2.75) is 6.04 Å². The van der Waals surface area contributed by atoms with Crippen LogP contribution >= 0.6 is 0 Å². The van der Waals surface area contributed by atoms with Gasteiger partial charge in [0, 0.05) is 6.54 Å². The number of morpholine rings is 1. The molecule has 0 aliphatic carbocycles.